The summed E-state index contributed by atoms with van der Waals surface area (Å²) in [5, 5.41) is 2.68. The molecule has 2 atom stereocenters. The van der Waals surface area contributed by atoms with Gasteiger partial charge in [0.25, 0.3) is 5.91 Å². The van der Waals surface area contributed by atoms with Crippen molar-refractivity contribution < 1.29 is 23.9 Å². The number of carbonyl (C=O) groups is 4. The van der Waals surface area contributed by atoms with E-state index in [0.29, 0.717) is 5.69 Å². The van der Waals surface area contributed by atoms with Crippen molar-refractivity contribution in [2.45, 2.75) is 39.0 Å². The largest absolute Gasteiger partial charge is 0.456 e. The predicted molar refractivity (Wildman–Crippen MR) is 97.6 cm³/mol. The number of hydrogen-bond donors (Lipinski definition) is 1. The zero-order chi connectivity index (χ0) is 19.4. The van der Waals surface area contributed by atoms with E-state index in [1.165, 1.54) is 4.90 Å². The molecule has 3 amide bonds. The van der Waals surface area contributed by atoms with Gasteiger partial charge < -0.3 is 10.1 Å². The molecule has 144 valence electrons. The van der Waals surface area contributed by atoms with Crippen molar-refractivity contribution in [3.05, 3.63) is 29.8 Å². The van der Waals surface area contributed by atoms with Crippen LogP contribution in [0.5, 0.6) is 0 Å². The zero-order valence-electron chi connectivity index (χ0n) is 15.4. The highest BCUT2D eigenvalue weighted by molar-refractivity contribution is 6.05. The molecule has 7 heteroatoms. The number of anilines is 1. The summed E-state index contributed by atoms with van der Waals surface area (Å²) in [4.78, 5) is 49.7. The Morgan fingerprint density at radius 1 is 1.11 bits per heavy atom. The normalized spacial score (nSPS) is 21.7. The molecule has 1 saturated heterocycles. The van der Waals surface area contributed by atoms with E-state index < -0.39 is 18.5 Å². The number of hydrogen-bond acceptors (Lipinski definition) is 5. The van der Waals surface area contributed by atoms with Gasteiger partial charge in [-0.3, -0.25) is 24.1 Å². The van der Waals surface area contributed by atoms with Gasteiger partial charge in [0.1, 0.15) is 0 Å². The van der Waals surface area contributed by atoms with Crippen LogP contribution in [0, 0.1) is 18.8 Å². The number of nitrogens with zero attached hydrogens (tertiary/aromatic N) is 1. The Bertz CT molecular complexity index is 736. The van der Waals surface area contributed by atoms with E-state index >= 15 is 0 Å². The van der Waals surface area contributed by atoms with Crippen molar-refractivity contribution in [2.75, 3.05) is 18.5 Å². The number of aryl methyl sites for hydroxylation is 1. The summed E-state index contributed by atoms with van der Waals surface area (Å²) in [6.07, 6.45) is 3.32. The summed E-state index contributed by atoms with van der Waals surface area (Å²) < 4.78 is 4.96. The smallest absolute Gasteiger partial charge is 0.308 e. The summed E-state index contributed by atoms with van der Waals surface area (Å²) in [7, 11) is 0. The van der Waals surface area contributed by atoms with E-state index in [9.17, 15) is 19.2 Å². The minimum Gasteiger partial charge on any atom is -0.456 e. The predicted octanol–water partition coefficient (Wildman–Crippen LogP) is 2.04. The van der Waals surface area contributed by atoms with Gasteiger partial charge in [0, 0.05) is 12.2 Å². The number of nitrogens with one attached hydrogen (secondary N) is 1. The van der Waals surface area contributed by atoms with Crippen molar-refractivity contribution in [1.29, 1.82) is 0 Å². The highest BCUT2D eigenvalue weighted by atomic mass is 16.5. The van der Waals surface area contributed by atoms with Crippen LogP contribution in [0.15, 0.2) is 24.3 Å². The molecule has 0 spiro atoms. The number of amides is 3. The van der Waals surface area contributed by atoms with Gasteiger partial charge in [-0.1, -0.05) is 31.0 Å². The molecular weight excluding hydrogens is 348 g/mol. The van der Waals surface area contributed by atoms with Crippen LogP contribution in [0.3, 0.4) is 0 Å². The number of ether oxygens (including phenoxy) is 1. The standard InChI is InChI=1S/C20H24N2O5/c1-13-6-2-5-9-16(13)21-17(23)12-27-18(24)10-11-22-19(25)14-7-3-4-8-15(14)20(22)26/h2,5-6,9,14-15H,3-4,7-8,10-12H2,1H3,(H,21,23)/t14-,15+. The molecule has 1 N–H and O–H groups in total. The van der Waals surface area contributed by atoms with Crippen LogP contribution in [-0.4, -0.2) is 41.7 Å². The van der Waals surface area contributed by atoms with Gasteiger partial charge in [0.05, 0.1) is 18.3 Å². The first-order valence-corrected chi connectivity index (χ1v) is 9.33. The fourth-order valence-corrected chi connectivity index (χ4v) is 3.77. The summed E-state index contributed by atoms with van der Waals surface area (Å²) in [5.41, 5.74) is 1.57. The van der Waals surface area contributed by atoms with Gasteiger partial charge in [0.15, 0.2) is 6.61 Å². The Morgan fingerprint density at radius 2 is 1.74 bits per heavy atom. The number of imide groups is 1. The molecule has 1 saturated carbocycles. The molecule has 0 aromatic heterocycles. The Morgan fingerprint density at radius 3 is 2.37 bits per heavy atom. The third-order valence-corrected chi connectivity index (χ3v) is 5.26. The first-order valence-electron chi connectivity index (χ1n) is 9.33. The van der Waals surface area contributed by atoms with Crippen LogP contribution >= 0.6 is 0 Å². The fourth-order valence-electron chi connectivity index (χ4n) is 3.77. The highest BCUT2D eigenvalue weighted by Crippen LogP contribution is 2.37. The SMILES string of the molecule is Cc1ccccc1NC(=O)COC(=O)CCN1C(=O)[C@H]2CCCC[C@H]2C1=O. The third kappa shape index (κ3) is 4.35. The van der Waals surface area contributed by atoms with Gasteiger partial charge in [-0.15, -0.1) is 0 Å². The molecular formula is C20H24N2O5. The van der Waals surface area contributed by atoms with Crippen LogP contribution < -0.4 is 5.32 Å². The lowest BCUT2D eigenvalue weighted by molar-refractivity contribution is -0.148. The molecule has 3 rings (SSSR count). The van der Waals surface area contributed by atoms with Gasteiger partial charge >= 0.3 is 5.97 Å². The van der Waals surface area contributed by atoms with Crippen molar-refractivity contribution in [3.63, 3.8) is 0 Å². The second-order valence-corrected chi connectivity index (χ2v) is 7.10. The first kappa shape index (κ1) is 19.1. The lowest BCUT2D eigenvalue weighted by Gasteiger charge is -2.19. The summed E-state index contributed by atoms with van der Waals surface area (Å²) in [6, 6.07) is 7.29. The van der Waals surface area contributed by atoms with Crippen LogP contribution in [0.2, 0.25) is 0 Å². The number of benzene rings is 1. The number of fused-ring (bicyclic) bond motifs is 1. The average molecular weight is 372 g/mol. The van der Waals surface area contributed by atoms with E-state index in [-0.39, 0.29) is 36.6 Å². The van der Waals surface area contributed by atoms with Crippen molar-refractivity contribution in [3.8, 4) is 0 Å². The van der Waals surface area contributed by atoms with Crippen LogP contribution in [0.4, 0.5) is 5.69 Å². The summed E-state index contributed by atoms with van der Waals surface area (Å²) in [5.74, 6) is -1.82. The number of carbonyl (C=O) groups excluding carboxylic acids is 4. The van der Waals surface area contributed by atoms with Crippen molar-refractivity contribution in [1.82, 2.24) is 4.90 Å². The van der Waals surface area contributed by atoms with Crippen LogP contribution in [0.1, 0.15) is 37.7 Å². The highest BCUT2D eigenvalue weighted by Gasteiger charge is 2.47. The lowest BCUT2D eigenvalue weighted by atomic mass is 9.81. The van der Waals surface area contributed by atoms with E-state index in [1.807, 2.05) is 19.1 Å². The Balaban J connectivity index is 1.43. The van der Waals surface area contributed by atoms with E-state index in [4.69, 9.17) is 4.74 Å². The third-order valence-electron chi connectivity index (χ3n) is 5.26. The van der Waals surface area contributed by atoms with E-state index in [0.717, 1.165) is 31.2 Å². The summed E-state index contributed by atoms with van der Waals surface area (Å²) in [6.45, 7) is 1.48. The molecule has 0 unspecified atom stereocenters. The second kappa shape index (κ2) is 8.33. The van der Waals surface area contributed by atoms with Gasteiger partial charge in [0.2, 0.25) is 11.8 Å². The molecule has 7 nitrogen and oxygen atoms in total. The number of esters is 1. The average Bonchev–Trinajstić information content (AvgIpc) is 2.91. The van der Waals surface area contributed by atoms with Gasteiger partial charge in [-0.25, -0.2) is 0 Å². The second-order valence-electron chi connectivity index (χ2n) is 7.10. The van der Waals surface area contributed by atoms with Crippen molar-refractivity contribution >= 4 is 29.4 Å². The minimum absolute atomic E-state index is 0.0168. The topological polar surface area (TPSA) is 92.8 Å². The quantitative estimate of drug-likeness (QED) is 0.609. The fraction of sp³-hybridized carbons (Fsp3) is 0.500. The Labute approximate surface area is 158 Å². The summed E-state index contributed by atoms with van der Waals surface area (Å²) >= 11 is 0. The first-order chi connectivity index (χ1) is 13.0. The number of rotatable bonds is 6. The number of para-hydroxylation sites is 1. The molecule has 2 aliphatic rings. The molecule has 1 aromatic rings. The molecule has 0 radical (unpaired) electrons. The maximum atomic E-state index is 12.4. The zero-order valence-corrected chi connectivity index (χ0v) is 15.4. The Kier molecular flexibility index (Phi) is 5.88. The molecule has 2 fully saturated rings. The monoisotopic (exact) mass is 372 g/mol. The van der Waals surface area contributed by atoms with Crippen LogP contribution in [-0.2, 0) is 23.9 Å². The molecule has 0 bridgehead atoms. The molecule has 1 aliphatic carbocycles. The molecule has 1 aliphatic heterocycles. The van der Waals surface area contributed by atoms with Gasteiger partial charge in [-0.2, -0.15) is 0 Å². The number of likely N-dealkylation sites (tertiary alicyclic amines) is 1. The van der Waals surface area contributed by atoms with E-state index in [2.05, 4.69) is 5.32 Å². The Hall–Kier alpha value is -2.70. The lowest BCUT2D eigenvalue weighted by Crippen LogP contribution is -2.33. The van der Waals surface area contributed by atoms with E-state index in [1.54, 1.807) is 12.1 Å². The minimum atomic E-state index is -0.606. The van der Waals surface area contributed by atoms with Crippen LogP contribution in [0.25, 0.3) is 0 Å². The molecule has 27 heavy (non-hydrogen) atoms. The maximum absolute atomic E-state index is 12.4. The van der Waals surface area contributed by atoms with Crippen molar-refractivity contribution in [2.24, 2.45) is 11.8 Å². The van der Waals surface area contributed by atoms with Gasteiger partial charge in [-0.05, 0) is 31.4 Å². The molecule has 1 heterocycles. The molecule has 1 aromatic carbocycles. The maximum Gasteiger partial charge on any atom is 0.308 e.